The van der Waals surface area contributed by atoms with Crippen molar-refractivity contribution in [2.45, 2.75) is 62.6 Å². The monoisotopic (exact) mass is 460 g/mol. The standard InChI is InChI=1S/2C4H7F3O3S.C3H8O2/c2*1-3(2,4(5,6)7)11(8,9)10;1-3(5)2-4/h2*1-2H3,(H,8,9,10);3-5H,2H2,1H3. The van der Waals surface area contributed by atoms with Crippen molar-refractivity contribution < 1.29 is 62.5 Å². The van der Waals surface area contributed by atoms with Crippen molar-refractivity contribution >= 4 is 20.2 Å². The van der Waals surface area contributed by atoms with Gasteiger partial charge in [-0.2, -0.15) is 43.2 Å². The first-order chi connectivity index (χ1) is 11.3. The highest BCUT2D eigenvalue weighted by Gasteiger charge is 2.57. The molecule has 1 atom stereocenters. The molecule has 168 valence electrons. The summed E-state index contributed by atoms with van der Waals surface area (Å²) in [4.78, 5) is 0. The van der Waals surface area contributed by atoms with Gasteiger partial charge < -0.3 is 10.2 Å². The summed E-state index contributed by atoms with van der Waals surface area (Å²) in [6, 6.07) is 0. The predicted octanol–water partition coefficient (Wildman–Crippen LogP) is 1.79. The summed E-state index contributed by atoms with van der Waals surface area (Å²) in [6.45, 7) is 2.95. The van der Waals surface area contributed by atoms with Gasteiger partial charge in [0.1, 0.15) is 0 Å². The quantitative estimate of drug-likeness (QED) is 0.368. The highest BCUT2D eigenvalue weighted by Crippen LogP contribution is 2.36. The normalized spacial score (nSPS) is 15.1. The molecule has 0 saturated heterocycles. The average Bonchev–Trinajstić information content (AvgIpc) is 2.34. The van der Waals surface area contributed by atoms with Crippen molar-refractivity contribution in [3.8, 4) is 0 Å². The molecule has 0 amide bonds. The lowest BCUT2D eigenvalue weighted by Gasteiger charge is -2.23. The molecule has 0 saturated carbocycles. The highest BCUT2D eigenvalue weighted by molar-refractivity contribution is 7.87. The minimum Gasteiger partial charge on any atom is -0.394 e. The van der Waals surface area contributed by atoms with Gasteiger partial charge in [-0.15, -0.1) is 0 Å². The largest absolute Gasteiger partial charge is 0.409 e. The maximum Gasteiger partial charge on any atom is 0.409 e. The van der Waals surface area contributed by atoms with Gasteiger partial charge >= 0.3 is 12.4 Å². The molecule has 0 fully saturated rings. The van der Waals surface area contributed by atoms with E-state index in [1.807, 2.05) is 0 Å². The van der Waals surface area contributed by atoms with E-state index in [2.05, 4.69) is 0 Å². The van der Waals surface area contributed by atoms with Crippen LogP contribution in [0.5, 0.6) is 0 Å². The zero-order valence-electron chi connectivity index (χ0n) is 14.8. The zero-order valence-corrected chi connectivity index (χ0v) is 16.4. The third-order valence-electron chi connectivity index (χ3n) is 2.92. The first-order valence-corrected chi connectivity index (χ1v) is 9.51. The molecule has 0 radical (unpaired) electrons. The smallest absolute Gasteiger partial charge is 0.394 e. The Kier molecular flexibility index (Phi) is 11.1. The van der Waals surface area contributed by atoms with Crippen molar-refractivity contribution in [3.05, 3.63) is 0 Å². The molecule has 0 aromatic rings. The SMILES string of the molecule is CC(C)(C(F)(F)F)S(=O)(=O)O.CC(C)(C(F)(F)F)S(=O)(=O)O.CC(O)CO. The van der Waals surface area contributed by atoms with Crippen LogP contribution in [0.25, 0.3) is 0 Å². The van der Waals surface area contributed by atoms with E-state index in [4.69, 9.17) is 19.3 Å². The summed E-state index contributed by atoms with van der Waals surface area (Å²) < 4.78 is 121. The van der Waals surface area contributed by atoms with E-state index in [0.717, 1.165) is 0 Å². The van der Waals surface area contributed by atoms with Crippen LogP contribution in [0.2, 0.25) is 0 Å². The summed E-state index contributed by atoms with van der Waals surface area (Å²) >= 11 is 0. The summed E-state index contributed by atoms with van der Waals surface area (Å²) in [6.07, 6.45) is -10.5. The summed E-state index contributed by atoms with van der Waals surface area (Å²) in [5, 5.41) is 16.0. The molecule has 27 heavy (non-hydrogen) atoms. The van der Waals surface area contributed by atoms with Crippen LogP contribution in [-0.4, -0.2) is 70.7 Å². The van der Waals surface area contributed by atoms with Crippen LogP contribution in [0.1, 0.15) is 34.6 Å². The Labute approximate surface area is 152 Å². The Morgan fingerprint density at radius 2 is 0.889 bits per heavy atom. The fourth-order valence-corrected chi connectivity index (χ4v) is 0.877. The van der Waals surface area contributed by atoms with Gasteiger partial charge in [0.15, 0.2) is 9.49 Å². The Morgan fingerprint density at radius 3 is 0.889 bits per heavy atom. The van der Waals surface area contributed by atoms with E-state index in [0.29, 0.717) is 27.7 Å². The van der Waals surface area contributed by atoms with Crippen LogP contribution in [0.15, 0.2) is 0 Å². The maximum absolute atomic E-state index is 11.8. The fraction of sp³-hybridized carbons (Fsp3) is 1.00. The van der Waals surface area contributed by atoms with E-state index in [1.165, 1.54) is 6.92 Å². The number of aliphatic hydroxyl groups is 2. The number of alkyl halides is 6. The lowest BCUT2D eigenvalue weighted by molar-refractivity contribution is -0.155. The van der Waals surface area contributed by atoms with Gasteiger partial charge in [0, 0.05) is 0 Å². The molecule has 1 unspecified atom stereocenters. The van der Waals surface area contributed by atoms with E-state index in [-0.39, 0.29) is 6.61 Å². The molecule has 0 aliphatic heterocycles. The van der Waals surface area contributed by atoms with Crippen molar-refractivity contribution in [2.75, 3.05) is 6.61 Å². The van der Waals surface area contributed by atoms with Crippen molar-refractivity contribution in [1.29, 1.82) is 0 Å². The maximum atomic E-state index is 11.8. The van der Waals surface area contributed by atoms with Gasteiger partial charge in [0.05, 0.1) is 12.7 Å². The first-order valence-electron chi connectivity index (χ1n) is 6.63. The summed E-state index contributed by atoms with van der Waals surface area (Å²) in [7, 11) is -10.2. The third-order valence-corrected chi connectivity index (χ3v) is 5.96. The van der Waals surface area contributed by atoms with Crippen molar-refractivity contribution in [2.24, 2.45) is 0 Å². The number of halogens is 6. The van der Waals surface area contributed by atoms with Gasteiger partial charge in [0.25, 0.3) is 20.2 Å². The molecule has 0 aliphatic rings. The van der Waals surface area contributed by atoms with E-state index < -0.39 is 48.2 Å². The van der Waals surface area contributed by atoms with Gasteiger partial charge in [-0.25, -0.2) is 0 Å². The number of aliphatic hydroxyl groups excluding tert-OH is 2. The molecule has 0 spiro atoms. The second-order valence-electron chi connectivity index (χ2n) is 6.00. The van der Waals surface area contributed by atoms with Gasteiger partial charge in [-0.3, -0.25) is 9.11 Å². The topological polar surface area (TPSA) is 149 Å². The van der Waals surface area contributed by atoms with E-state index in [1.54, 1.807) is 0 Å². The summed E-state index contributed by atoms with van der Waals surface area (Å²) in [5.74, 6) is 0. The van der Waals surface area contributed by atoms with Crippen LogP contribution in [0, 0.1) is 0 Å². The zero-order chi connectivity index (χ0) is 23.3. The second kappa shape index (κ2) is 9.69. The molecule has 0 bridgehead atoms. The fourth-order valence-electron chi connectivity index (χ4n) is 0.292. The van der Waals surface area contributed by atoms with Gasteiger partial charge in [0.2, 0.25) is 0 Å². The molecular formula is C11H22F6O8S2. The van der Waals surface area contributed by atoms with Gasteiger partial charge in [-0.1, -0.05) is 0 Å². The second-order valence-corrected chi connectivity index (χ2v) is 9.94. The number of hydrogen-bond acceptors (Lipinski definition) is 6. The van der Waals surface area contributed by atoms with Crippen molar-refractivity contribution in [3.63, 3.8) is 0 Å². The molecule has 0 rings (SSSR count). The molecule has 0 aromatic carbocycles. The molecule has 4 N–H and O–H groups in total. The Balaban J connectivity index is -0.000000344. The van der Waals surface area contributed by atoms with Crippen LogP contribution in [0.3, 0.4) is 0 Å². The third kappa shape index (κ3) is 9.89. The molecular weight excluding hydrogens is 438 g/mol. The lowest BCUT2D eigenvalue weighted by Crippen LogP contribution is -2.46. The van der Waals surface area contributed by atoms with Crippen molar-refractivity contribution in [1.82, 2.24) is 0 Å². The predicted molar refractivity (Wildman–Crippen MR) is 82.1 cm³/mol. The van der Waals surface area contributed by atoms with Crippen LogP contribution in [0.4, 0.5) is 26.3 Å². The number of hydrogen-bond donors (Lipinski definition) is 4. The van der Waals surface area contributed by atoms with E-state index >= 15 is 0 Å². The van der Waals surface area contributed by atoms with Gasteiger partial charge in [-0.05, 0) is 34.6 Å². The Bertz CT molecular complexity index is 593. The Hall–Kier alpha value is -0.680. The average molecular weight is 460 g/mol. The molecule has 8 nitrogen and oxygen atoms in total. The molecule has 16 heteroatoms. The van der Waals surface area contributed by atoms with E-state index in [9.17, 15) is 43.2 Å². The minimum absolute atomic E-state index is 0.139. The summed E-state index contributed by atoms with van der Waals surface area (Å²) in [5.41, 5.74) is 0. The molecule has 0 aliphatic carbocycles. The molecule has 0 heterocycles. The minimum atomic E-state index is -5.09. The lowest BCUT2D eigenvalue weighted by atomic mass is 10.2. The van der Waals surface area contributed by atoms with Crippen LogP contribution < -0.4 is 0 Å². The van der Waals surface area contributed by atoms with Crippen LogP contribution >= 0.6 is 0 Å². The highest BCUT2D eigenvalue weighted by atomic mass is 32.2. The Morgan fingerprint density at radius 1 is 0.741 bits per heavy atom. The molecule has 0 aromatic heterocycles. The van der Waals surface area contributed by atoms with Crippen LogP contribution in [-0.2, 0) is 20.2 Å². The number of rotatable bonds is 3. The first kappa shape index (κ1) is 31.0.